The van der Waals surface area contributed by atoms with E-state index < -0.39 is 11.9 Å². The first-order chi connectivity index (χ1) is 15.0. The number of benzene rings is 2. The van der Waals surface area contributed by atoms with Crippen molar-refractivity contribution in [3.05, 3.63) is 76.8 Å². The van der Waals surface area contributed by atoms with Gasteiger partial charge in [-0.3, -0.25) is 9.59 Å². The molecule has 7 nitrogen and oxygen atoms in total. The number of hydrogen-bond acceptors (Lipinski definition) is 5. The Bertz CT molecular complexity index is 1080. The monoisotopic (exact) mass is 425 g/mol. The summed E-state index contributed by atoms with van der Waals surface area (Å²) in [6.45, 7) is 4.45. The molecule has 3 rings (SSSR count). The quantitative estimate of drug-likeness (QED) is 0.570. The lowest BCUT2D eigenvalue weighted by atomic mass is 10.1. The van der Waals surface area contributed by atoms with Gasteiger partial charge in [-0.2, -0.15) is 5.10 Å². The van der Waals surface area contributed by atoms with Gasteiger partial charge < -0.3 is 14.8 Å². The zero-order valence-electron chi connectivity index (χ0n) is 17.4. The van der Waals surface area contributed by atoms with Gasteiger partial charge in [-0.25, -0.2) is 9.07 Å². The lowest BCUT2D eigenvalue weighted by Crippen LogP contribution is -2.39. The minimum absolute atomic E-state index is 0.190. The van der Waals surface area contributed by atoms with Crippen molar-refractivity contribution in [3.8, 4) is 22.8 Å². The summed E-state index contributed by atoms with van der Waals surface area (Å²) in [6, 6.07) is 16.1. The molecule has 1 unspecified atom stereocenters. The predicted octanol–water partition coefficient (Wildman–Crippen LogP) is 3.03. The minimum Gasteiger partial charge on any atom is -0.494 e. The van der Waals surface area contributed by atoms with Gasteiger partial charge in [-0.05, 0) is 56.3 Å². The number of hydrogen-bond donors (Lipinski definition) is 1. The third-order valence-electron chi connectivity index (χ3n) is 4.43. The maximum atomic E-state index is 13.2. The van der Waals surface area contributed by atoms with E-state index in [1.165, 1.54) is 28.9 Å². The van der Waals surface area contributed by atoms with Gasteiger partial charge in [0.25, 0.3) is 11.5 Å². The molecule has 3 aromatic rings. The second-order valence-corrected chi connectivity index (χ2v) is 6.75. The van der Waals surface area contributed by atoms with Crippen molar-refractivity contribution in [1.82, 2.24) is 15.1 Å². The number of rotatable bonds is 9. The Morgan fingerprint density at radius 2 is 1.90 bits per heavy atom. The summed E-state index contributed by atoms with van der Waals surface area (Å²) < 4.78 is 25.4. The number of ether oxygens (including phenoxy) is 2. The number of carbonyl (C=O) groups excluding carboxylic acids is 1. The molecule has 162 valence electrons. The van der Waals surface area contributed by atoms with Crippen LogP contribution < -0.4 is 20.3 Å². The second-order valence-electron chi connectivity index (χ2n) is 6.75. The van der Waals surface area contributed by atoms with Crippen LogP contribution in [0.2, 0.25) is 0 Å². The smallest absolute Gasteiger partial charge is 0.266 e. The molecule has 0 aliphatic heterocycles. The Labute approximate surface area is 179 Å². The molecule has 31 heavy (non-hydrogen) atoms. The second kappa shape index (κ2) is 10.4. The molecule has 0 aliphatic carbocycles. The molecule has 1 amide bonds. The number of halogens is 1. The van der Waals surface area contributed by atoms with Crippen LogP contribution in [0.3, 0.4) is 0 Å². The van der Waals surface area contributed by atoms with E-state index in [1.807, 2.05) is 31.2 Å². The average molecular weight is 425 g/mol. The van der Waals surface area contributed by atoms with Crippen LogP contribution >= 0.6 is 0 Å². The fraction of sp³-hybridized carbons (Fsp3) is 0.261. The summed E-state index contributed by atoms with van der Waals surface area (Å²) in [5.74, 6) is 0.211. The highest BCUT2D eigenvalue weighted by molar-refractivity contribution is 5.80. The van der Waals surface area contributed by atoms with Gasteiger partial charge in [0, 0.05) is 24.2 Å². The molecule has 8 heteroatoms. The molecule has 1 heterocycles. The molecular formula is C23H24FN3O4. The summed E-state index contributed by atoms with van der Waals surface area (Å²) in [6.07, 6.45) is -0.818. The van der Waals surface area contributed by atoms with E-state index in [4.69, 9.17) is 9.47 Å². The molecule has 0 spiro atoms. The van der Waals surface area contributed by atoms with Crippen molar-refractivity contribution >= 4 is 5.91 Å². The Balaban J connectivity index is 1.58. The van der Waals surface area contributed by atoms with Gasteiger partial charge in [0.15, 0.2) is 6.10 Å². The molecule has 1 aromatic heterocycles. The summed E-state index contributed by atoms with van der Waals surface area (Å²) in [5.41, 5.74) is 1.21. The van der Waals surface area contributed by atoms with Gasteiger partial charge in [0.2, 0.25) is 0 Å². The third kappa shape index (κ3) is 6.15. The van der Waals surface area contributed by atoms with Crippen molar-refractivity contribution in [3.63, 3.8) is 0 Å². The summed E-state index contributed by atoms with van der Waals surface area (Å²) >= 11 is 0. The number of carbonyl (C=O) groups is 1. The molecular weight excluding hydrogens is 401 g/mol. The third-order valence-corrected chi connectivity index (χ3v) is 4.43. The van der Waals surface area contributed by atoms with Crippen LogP contribution in [0.1, 0.15) is 13.8 Å². The largest absolute Gasteiger partial charge is 0.494 e. The average Bonchev–Trinajstić information content (AvgIpc) is 2.76. The highest BCUT2D eigenvalue weighted by atomic mass is 19.1. The van der Waals surface area contributed by atoms with Crippen LogP contribution in [0.4, 0.5) is 4.39 Å². The van der Waals surface area contributed by atoms with Gasteiger partial charge in [-0.1, -0.05) is 6.07 Å². The van der Waals surface area contributed by atoms with Gasteiger partial charge in [0.05, 0.1) is 18.8 Å². The Morgan fingerprint density at radius 3 is 2.61 bits per heavy atom. The van der Waals surface area contributed by atoms with E-state index in [9.17, 15) is 14.0 Å². The molecule has 0 saturated carbocycles. The van der Waals surface area contributed by atoms with Crippen LogP contribution in [0.5, 0.6) is 11.5 Å². The topological polar surface area (TPSA) is 82.5 Å². The SMILES string of the molecule is CCOc1ccc(-c2ccc(=O)n(CCNC(=O)C(C)Oc3cccc(F)c3)n2)cc1. The van der Waals surface area contributed by atoms with Crippen molar-refractivity contribution in [1.29, 1.82) is 0 Å². The maximum absolute atomic E-state index is 13.2. The van der Waals surface area contributed by atoms with Crippen molar-refractivity contribution in [2.24, 2.45) is 0 Å². The van der Waals surface area contributed by atoms with E-state index in [0.717, 1.165) is 11.3 Å². The molecule has 0 bridgehead atoms. The lowest BCUT2D eigenvalue weighted by Gasteiger charge is -2.15. The van der Waals surface area contributed by atoms with Crippen molar-refractivity contribution < 1.29 is 18.7 Å². The molecule has 0 radical (unpaired) electrons. The summed E-state index contributed by atoms with van der Waals surface area (Å²) in [5, 5.41) is 7.08. The van der Waals surface area contributed by atoms with Crippen LogP contribution in [-0.2, 0) is 11.3 Å². The first kappa shape index (κ1) is 22.0. The highest BCUT2D eigenvalue weighted by Gasteiger charge is 2.14. The van der Waals surface area contributed by atoms with Crippen molar-refractivity contribution in [2.75, 3.05) is 13.2 Å². The molecule has 2 aromatic carbocycles. The molecule has 0 fully saturated rings. The Kier molecular flexibility index (Phi) is 7.37. The van der Waals surface area contributed by atoms with E-state index >= 15 is 0 Å². The van der Waals surface area contributed by atoms with E-state index in [1.54, 1.807) is 19.1 Å². The van der Waals surface area contributed by atoms with E-state index in [-0.39, 0.29) is 30.3 Å². The summed E-state index contributed by atoms with van der Waals surface area (Å²) in [4.78, 5) is 24.4. The number of nitrogens with one attached hydrogen (secondary N) is 1. The van der Waals surface area contributed by atoms with Crippen LogP contribution in [0, 0.1) is 5.82 Å². The van der Waals surface area contributed by atoms with Gasteiger partial charge >= 0.3 is 0 Å². The molecule has 0 aliphatic rings. The number of amides is 1. The fourth-order valence-corrected chi connectivity index (χ4v) is 2.88. The normalized spacial score (nSPS) is 11.6. The number of aromatic nitrogens is 2. The molecule has 1 atom stereocenters. The van der Waals surface area contributed by atoms with Gasteiger partial charge in [-0.15, -0.1) is 0 Å². The zero-order chi connectivity index (χ0) is 22.2. The first-order valence-electron chi connectivity index (χ1n) is 9.97. The van der Waals surface area contributed by atoms with Crippen LogP contribution in [0.25, 0.3) is 11.3 Å². The van der Waals surface area contributed by atoms with Crippen LogP contribution in [-0.4, -0.2) is 34.9 Å². The zero-order valence-corrected chi connectivity index (χ0v) is 17.4. The summed E-state index contributed by atoms with van der Waals surface area (Å²) in [7, 11) is 0. The fourth-order valence-electron chi connectivity index (χ4n) is 2.88. The van der Waals surface area contributed by atoms with Gasteiger partial charge in [0.1, 0.15) is 17.3 Å². The van der Waals surface area contributed by atoms with Crippen molar-refractivity contribution in [2.45, 2.75) is 26.5 Å². The number of nitrogens with zero attached hydrogens (tertiary/aromatic N) is 2. The standard InChI is InChI=1S/C23H24FN3O4/c1-3-30-19-9-7-17(8-10-19)21-11-12-22(28)27(26-21)14-13-25-23(29)16(2)31-20-6-4-5-18(24)15-20/h4-12,15-16H,3,13-14H2,1-2H3,(H,25,29). The lowest BCUT2D eigenvalue weighted by molar-refractivity contribution is -0.127. The van der Waals surface area contributed by atoms with E-state index in [0.29, 0.717) is 12.3 Å². The molecule has 0 saturated heterocycles. The Morgan fingerprint density at radius 1 is 1.13 bits per heavy atom. The van der Waals surface area contributed by atoms with E-state index in [2.05, 4.69) is 10.4 Å². The van der Waals surface area contributed by atoms with Crippen LogP contribution in [0.15, 0.2) is 65.5 Å². The maximum Gasteiger partial charge on any atom is 0.266 e. The predicted molar refractivity (Wildman–Crippen MR) is 115 cm³/mol. The molecule has 1 N–H and O–H groups in total. The minimum atomic E-state index is -0.818. The Hall–Kier alpha value is -3.68. The first-order valence-corrected chi connectivity index (χ1v) is 9.97. The highest BCUT2D eigenvalue weighted by Crippen LogP contribution is 2.19.